The van der Waals surface area contributed by atoms with Crippen molar-refractivity contribution in [2.75, 3.05) is 32.7 Å². The zero-order valence-corrected chi connectivity index (χ0v) is 11.7. The van der Waals surface area contributed by atoms with E-state index in [1.165, 1.54) is 4.90 Å². The summed E-state index contributed by atoms with van der Waals surface area (Å²) < 4.78 is 0. The summed E-state index contributed by atoms with van der Waals surface area (Å²) in [5.74, 6) is -1.92. The van der Waals surface area contributed by atoms with E-state index in [1.54, 1.807) is 0 Å². The predicted octanol–water partition coefficient (Wildman–Crippen LogP) is -1.71. The molecule has 5 heteroatoms. The second kappa shape index (κ2) is 6.37. The summed E-state index contributed by atoms with van der Waals surface area (Å²) in [7, 11) is 0. The van der Waals surface area contributed by atoms with Gasteiger partial charge in [-0.15, -0.1) is 0 Å². The van der Waals surface area contributed by atoms with Crippen LogP contribution in [0.3, 0.4) is 0 Å². The SMILES string of the molecule is CC[NH+]1CCN(C(=O)[C@@H]2CCCC[C@@H]2C(=O)[O-])CC1. The number of rotatable bonds is 3. The van der Waals surface area contributed by atoms with Crippen LogP contribution >= 0.6 is 0 Å². The monoisotopic (exact) mass is 268 g/mol. The van der Waals surface area contributed by atoms with E-state index in [4.69, 9.17) is 0 Å². The molecular formula is C14H24N2O3. The molecule has 1 N–H and O–H groups in total. The van der Waals surface area contributed by atoms with Gasteiger partial charge in [-0.2, -0.15) is 0 Å². The molecule has 0 unspecified atom stereocenters. The number of amides is 1. The molecule has 0 aromatic carbocycles. The van der Waals surface area contributed by atoms with Gasteiger partial charge in [0.1, 0.15) is 0 Å². The van der Waals surface area contributed by atoms with E-state index in [0.717, 1.165) is 45.6 Å². The Balaban J connectivity index is 1.96. The summed E-state index contributed by atoms with van der Waals surface area (Å²) in [5.41, 5.74) is 0. The van der Waals surface area contributed by atoms with Crippen molar-refractivity contribution in [3.8, 4) is 0 Å². The highest BCUT2D eigenvalue weighted by Crippen LogP contribution is 2.31. The van der Waals surface area contributed by atoms with Crippen LogP contribution in [0, 0.1) is 11.8 Å². The largest absolute Gasteiger partial charge is 0.550 e. The molecule has 1 saturated carbocycles. The van der Waals surface area contributed by atoms with Crippen LogP contribution in [0.1, 0.15) is 32.6 Å². The van der Waals surface area contributed by atoms with Gasteiger partial charge in [0.15, 0.2) is 0 Å². The zero-order chi connectivity index (χ0) is 13.8. The molecule has 2 rings (SSSR count). The first kappa shape index (κ1) is 14.3. The Morgan fingerprint density at radius 1 is 1.16 bits per heavy atom. The molecule has 0 radical (unpaired) electrons. The number of aliphatic carboxylic acids is 1. The standard InChI is InChI=1S/C14H24N2O3/c1-2-15-7-9-16(10-8-15)13(17)11-5-3-4-6-12(11)14(18)19/h11-12H,2-10H2,1H3,(H,18,19)/t11-,12+/m1/s1. The number of hydrogen-bond acceptors (Lipinski definition) is 3. The molecule has 1 aliphatic carbocycles. The molecule has 1 saturated heterocycles. The highest BCUT2D eigenvalue weighted by molar-refractivity contribution is 5.84. The Labute approximate surface area is 114 Å². The fraction of sp³-hybridized carbons (Fsp3) is 0.857. The first-order chi connectivity index (χ1) is 9.13. The molecule has 2 aliphatic rings. The van der Waals surface area contributed by atoms with E-state index in [2.05, 4.69) is 6.92 Å². The van der Waals surface area contributed by atoms with Crippen LogP contribution in [-0.4, -0.2) is 49.5 Å². The molecule has 19 heavy (non-hydrogen) atoms. The third kappa shape index (κ3) is 3.26. The van der Waals surface area contributed by atoms with Crippen LogP contribution in [0.5, 0.6) is 0 Å². The molecule has 1 amide bonds. The lowest BCUT2D eigenvalue weighted by atomic mass is 9.78. The number of hydrogen-bond donors (Lipinski definition) is 1. The quantitative estimate of drug-likeness (QED) is 0.663. The number of carboxylic acid groups (broad SMARTS) is 1. The van der Waals surface area contributed by atoms with Gasteiger partial charge < -0.3 is 19.7 Å². The van der Waals surface area contributed by atoms with Crippen molar-refractivity contribution < 1.29 is 19.6 Å². The minimum Gasteiger partial charge on any atom is -0.550 e. The van der Waals surface area contributed by atoms with Crippen molar-refractivity contribution in [3.05, 3.63) is 0 Å². The fourth-order valence-corrected chi connectivity index (χ4v) is 3.34. The van der Waals surface area contributed by atoms with Gasteiger partial charge in [0, 0.05) is 17.8 Å². The molecule has 0 spiro atoms. The van der Waals surface area contributed by atoms with E-state index in [-0.39, 0.29) is 11.8 Å². The van der Waals surface area contributed by atoms with Crippen LogP contribution in [0.25, 0.3) is 0 Å². The second-order valence-corrected chi connectivity index (χ2v) is 5.75. The van der Waals surface area contributed by atoms with Crippen LogP contribution in [-0.2, 0) is 9.59 Å². The maximum absolute atomic E-state index is 12.5. The maximum Gasteiger partial charge on any atom is 0.226 e. The Morgan fingerprint density at radius 2 is 1.74 bits per heavy atom. The topological polar surface area (TPSA) is 64.9 Å². The lowest BCUT2D eigenvalue weighted by molar-refractivity contribution is -0.902. The van der Waals surface area contributed by atoms with Crippen molar-refractivity contribution >= 4 is 11.9 Å². The highest BCUT2D eigenvalue weighted by Gasteiger charge is 2.35. The van der Waals surface area contributed by atoms with Crippen LogP contribution < -0.4 is 10.0 Å². The van der Waals surface area contributed by atoms with Gasteiger partial charge >= 0.3 is 0 Å². The molecule has 0 aromatic rings. The highest BCUT2D eigenvalue weighted by atomic mass is 16.4. The fourth-order valence-electron chi connectivity index (χ4n) is 3.34. The van der Waals surface area contributed by atoms with Crippen molar-refractivity contribution in [3.63, 3.8) is 0 Å². The van der Waals surface area contributed by atoms with Crippen molar-refractivity contribution in [1.29, 1.82) is 0 Å². The smallest absolute Gasteiger partial charge is 0.226 e. The van der Waals surface area contributed by atoms with Gasteiger partial charge in [0.05, 0.1) is 32.7 Å². The van der Waals surface area contributed by atoms with Gasteiger partial charge in [-0.1, -0.05) is 12.8 Å². The minimum absolute atomic E-state index is 0.0454. The molecule has 1 heterocycles. The minimum atomic E-state index is -1.05. The van der Waals surface area contributed by atoms with Crippen molar-refractivity contribution in [2.45, 2.75) is 32.6 Å². The third-order valence-electron chi connectivity index (χ3n) is 4.67. The van der Waals surface area contributed by atoms with Crippen LogP contribution in [0.15, 0.2) is 0 Å². The number of nitrogens with one attached hydrogen (secondary N) is 1. The third-order valence-corrected chi connectivity index (χ3v) is 4.67. The summed E-state index contributed by atoms with van der Waals surface area (Å²) in [4.78, 5) is 27.0. The van der Waals surface area contributed by atoms with E-state index in [1.807, 2.05) is 4.90 Å². The van der Waals surface area contributed by atoms with E-state index >= 15 is 0 Å². The number of nitrogens with zero attached hydrogens (tertiary/aromatic N) is 1. The van der Waals surface area contributed by atoms with Crippen molar-refractivity contribution in [1.82, 2.24) is 4.90 Å². The molecular weight excluding hydrogens is 244 g/mol. The summed E-state index contributed by atoms with van der Waals surface area (Å²) >= 11 is 0. The molecule has 1 aliphatic heterocycles. The Hall–Kier alpha value is -1.10. The first-order valence-electron chi connectivity index (χ1n) is 7.46. The normalized spacial score (nSPS) is 29.2. The Morgan fingerprint density at radius 3 is 2.26 bits per heavy atom. The molecule has 2 fully saturated rings. The van der Waals surface area contributed by atoms with Crippen molar-refractivity contribution in [2.24, 2.45) is 11.8 Å². The zero-order valence-electron chi connectivity index (χ0n) is 11.7. The van der Waals surface area contributed by atoms with Crippen LogP contribution in [0.2, 0.25) is 0 Å². The average molecular weight is 268 g/mol. The second-order valence-electron chi connectivity index (χ2n) is 5.75. The molecule has 5 nitrogen and oxygen atoms in total. The van der Waals surface area contributed by atoms with Gasteiger partial charge in [-0.05, 0) is 19.8 Å². The van der Waals surface area contributed by atoms with Gasteiger partial charge in [0.2, 0.25) is 5.91 Å². The molecule has 2 atom stereocenters. The summed E-state index contributed by atoms with van der Waals surface area (Å²) in [6.45, 7) is 6.72. The molecule has 108 valence electrons. The first-order valence-corrected chi connectivity index (χ1v) is 7.46. The Kier molecular flexibility index (Phi) is 4.80. The van der Waals surface area contributed by atoms with E-state index in [0.29, 0.717) is 12.8 Å². The Bertz CT molecular complexity index is 338. The van der Waals surface area contributed by atoms with Gasteiger partial charge in [-0.3, -0.25) is 4.79 Å². The number of likely N-dealkylation sites (N-methyl/N-ethyl adjacent to an activating group) is 1. The summed E-state index contributed by atoms with van der Waals surface area (Å²) in [5, 5.41) is 11.2. The number of carboxylic acids is 1. The molecule has 0 aromatic heterocycles. The van der Waals surface area contributed by atoms with Gasteiger partial charge in [-0.25, -0.2) is 0 Å². The van der Waals surface area contributed by atoms with Gasteiger partial charge in [0.25, 0.3) is 0 Å². The average Bonchev–Trinajstić information content (AvgIpc) is 2.46. The number of carbonyl (C=O) groups is 2. The lowest BCUT2D eigenvalue weighted by Crippen LogP contribution is -3.14. The number of piperazine rings is 1. The maximum atomic E-state index is 12.5. The predicted molar refractivity (Wildman–Crippen MR) is 68.3 cm³/mol. The van der Waals surface area contributed by atoms with E-state index in [9.17, 15) is 14.7 Å². The number of quaternary nitrogens is 1. The summed E-state index contributed by atoms with van der Waals surface area (Å²) in [6, 6.07) is 0. The number of carbonyl (C=O) groups excluding carboxylic acids is 2. The van der Waals surface area contributed by atoms with E-state index < -0.39 is 11.9 Å². The summed E-state index contributed by atoms with van der Waals surface area (Å²) in [6.07, 6.45) is 3.16. The van der Waals surface area contributed by atoms with Crippen LogP contribution in [0.4, 0.5) is 0 Å². The lowest BCUT2D eigenvalue weighted by Gasteiger charge is -2.37. The molecule has 0 bridgehead atoms.